The Morgan fingerprint density at radius 1 is 0.875 bits per heavy atom. The van der Waals surface area contributed by atoms with Crippen LogP contribution in [0.4, 0.5) is 4.79 Å². The molecule has 4 rings (SSSR count). The second kappa shape index (κ2) is 9.79. The summed E-state index contributed by atoms with van der Waals surface area (Å²) in [7, 11) is 1.79. The van der Waals surface area contributed by atoms with Crippen LogP contribution in [0.25, 0.3) is 11.1 Å². The molecule has 0 saturated heterocycles. The molecule has 2 N–H and O–H groups in total. The van der Waals surface area contributed by atoms with Gasteiger partial charge in [-0.05, 0) is 53.8 Å². The number of fused-ring (bicyclic) bond motifs is 3. The van der Waals surface area contributed by atoms with Crippen LogP contribution in [0.3, 0.4) is 0 Å². The Bertz CT molecular complexity index is 1060. The molecule has 32 heavy (non-hydrogen) atoms. The molecule has 1 unspecified atom stereocenters. The molecule has 5 nitrogen and oxygen atoms in total. The summed E-state index contributed by atoms with van der Waals surface area (Å²) in [5.74, 6) is 0.169. The van der Waals surface area contributed by atoms with Crippen LogP contribution in [-0.4, -0.2) is 31.6 Å². The Morgan fingerprint density at radius 3 is 2.00 bits per heavy atom. The van der Waals surface area contributed by atoms with Crippen molar-refractivity contribution in [3.63, 3.8) is 0 Å². The van der Waals surface area contributed by atoms with Crippen molar-refractivity contribution in [3.05, 3.63) is 95.1 Å². The first-order chi connectivity index (χ1) is 15.6. The lowest BCUT2D eigenvalue weighted by Gasteiger charge is -2.15. The van der Waals surface area contributed by atoms with Crippen molar-refractivity contribution in [1.82, 2.24) is 10.6 Å². The van der Waals surface area contributed by atoms with Gasteiger partial charge in [-0.1, -0.05) is 72.8 Å². The highest BCUT2D eigenvalue weighted by atomic mass is 16.5. The largest absolute Gasteiger partial charge is 0.449 e. The second-order valence-electron chi connectivity index (χ2n) is 8.15. The Balaban J connectivity index is 1.31. The first-order valence-electron chi connectivity index (χ1n) is 10.9. The van der Waals surface area contributed by atoms with E-state index in [1.165, 1.54) is 22.3 Å². The SMILES string of the molecule is CNC(Cc1ccc(CNC(=O)OCC2c3ccccc3-c3ccccc32)cc1)C(C)=O. The molecule has 5 heteroatoms. The van der Waals surface area contributed by atoms with Gasteiger partial charge in [0.05, 0.1) is 6.04 Å². The van der Waals surface area contributed by atoms with Crippen LogP contribution in [0, 0.1) is 0 Å². The fourth-order valence-electron chi connectivity index (χ4n) is 4.30. The molecule has 0 aliphatic heterocycles. The van der Waals surface area contributed by atoms with Gasteiger partial charge in [-0.15, -0.1) is 0 Å². The molecule has 0 radical (unpaired) electrons. The van der Waals surface area contributed by atoms with E-state index in [9.17, 15) is 9.59 Å². The van der Waals surface area contributed by atoms with Gasteiger partial charge in [0.1, 0.15) is 12.4 Å². The van der Waals surface area contributed by atoms with Gasteiger partial charge in [0.15, 0.2) is 0 Å². The Kier molecular flexibility index (Phi) is 6.66. The highest BCUT2D eigenvalue weighted by molar-refractivity contribution is 5.81. The number of Topliss-reactive ketones (excluding diaryl/α,β-unsaturated/α-hetero) is 1. The van der Waals surface area contributed by atoms with Gasteiger partial charge in [0, 0.05) is 12.5 Å². The third kappa shape index (κ3) is 4.73. The summed E-state index contributed by atoms with van der Waals surface area (Å²) in [5.41, 5.74) is 6.87. The molecule has 0 saturated carbocycles. The minimum atomic E-state index is -0.428. The summed E-state index contributed by atoms with van der Waals surface area (Å²) >= 11 is 0. The minimum Gasteiger partial charge on any atom is -0.449 e. The van der Waals surface area contributed by atoms with E-state index in [1.807, 2.05) is 48.5 Å². The maximum atomic E-state index is 12.3. The Hall–Kier alpha value is -3.44. The number of benzene rings is 3. The zero-order valence-electron chi connectivity index (χ0n) is 18.4. The summed E-state index contributed by atoms with van der Waals surface area (Å²) in [6, 6.07) is 24.3. The van der Waals surface area contributed by atoms with E-state index in [0.29, 0.717) is 19.6 Å². The fraction of sp³-hybridized carbons (Fsp3) is 0.259. The van der Waals surface area contributed by atoms with E-state index in [1.54, 1.807) is 14.0 Å². The smallest absolute Gasteiger partial charge is 0.407 e. The standard InChI is InChI=1S/C27H28N2O3/c1-18(30)26(28-2)15-19-11-13-20(14-12-19)16-29-27(31)32-17-25-23-9-5-3-7-21(23)22-8-4-6-10-24(22)25/h3-14,25-26,28H,15-17H2,1-2H3,(H,29,31). The molecule has 3 aromatic carbocycles. The number of carbonyl (C=O) groups excluding carboxylic acids is 2. The number of hydrogen-bond donors (Lipinski definition) is 2. The molecule has 0 bridgehead atoms. The van der Waals surface area contributed by atoms with Crippen molar-refractivity contribution < 1.29 is 14.3 Å². The third-order valence-electron chi connectivity index (χ3n) is 6.08. The highest BCUT2D eigenvalue weighted by Gasteiger charge is 2.28. The molecule has 1 aliphatic carbocycles. The monoisotopic (exact) mass is 428 g/mol. The normalized spacial score (nSPS) is 13.2. The van der Waals surface area contributed by atoms with Gasteiger partial charge < -0.3 is 15.4 Å². The Labute approximate surface area is 188 Å². The molecule has 0 fully saturated rings. The first kappa shape index (κ1) is 21.8. The number of carbonyl (C=O) groups is 2. The van der Waals surface area contributed by atoms with Gasteiger partial charge >= 0.3 is 6.09 Å². The van der Waals surface area contributed by atoms with Gasteiger partial charge in [-0.2, -0.15) is 0 Å². The highest BCUT2D eigenvalue weighted by Crippen LogP contribution is 2.44. The van der Waals surface area contributed by atoms with E-state index >= 15 is 0 Å². The predicted octanol–water partition coefficient (Wildman–Crippen LogP) is 4.44. The molecule has 3 aromatic rings. The van der Waals surface area contributed by atoms with E-state index in [0.717, 1.165) is 11.1 Å². The topological polar surface area (TPSA) is 67.4 Å². The van der Waals surface area contributed by atoms with Crippen LogP contribution in [-0.2, 0) is 22.5 Å². The maximum absolute atomic E-state index is 12.3. The molecule has 0 aromatic heterocycles. The number of alkyl carbamates (subject to hydrolysis) is 1. The summed E-state index contributed by atoms with van der Waals surface area (Å²) < 4.78 is 5.58. The fourth-order valence-corrected chi connectivity index (χ4v) is 4.30. The lowest BCUT2D eigenvalue weighted by Crippen LogP contribution is -2.34. The van der Waals surface area contributed by atoms with E-state index in [2.05, 4.69) is 34.9 Å². The average molecular weight is 429 g/mol. The van der Waals surface area contributed by atoms with Crippen molar-refractivity contribution in [3.8, 4) is 11.1 Å². The number of ketones is 1. The zero-order chi connectivity index (χ0) is 22.5. The third-order valence-corrected chi connectivity index (χ3v) is 6.08. The molecule has 1 amide bonds. The predicted molar refractivity (Wildman–Crippen MR) is 126 cm³/mol. The zero-order valence-corrected chi connectivity index (χ0v) is 18.4. The molecule has 164 valence electrons. The van der Waals surface area contributed by atoms with Gasteiger partial charge in [0.2, 0.25) is 0 Å². The number of hydrogen-bond acceptors (Lipinski definition) is 4. The van der Waals surface area contributed by atoms with Gasteiger partial charge in [-0.3, -0.25) is 4.79 Å². The van der Waals surface area contributed by atoms with E-state index < -0.39 is 6.09 Å². The number of likely N-dealkylation sites (N-methyl/N-ethyl adjacent to an activating group) is 1. The Morgan fingerprint density at radius 2 is 1.44 bits per heavy atom. The van der Waals surface area contributed by atoms with Crippen molar-refractivity contribution in [1.29, 1.82) is 0 Å². The number of amides is 1. The number of nitrogens with one attached hydrogen (secondary N) is 2. The summed E-state index contributed by atoms with van der Waals surface area (Å²) in [6.45, 7) is 2.28. The van der Waals surface area contributed by atoms with Crippen molar-refractivity contribution in [2.75, 3.05) is 13.7 Å². The molecular formula is C27H28N2O3. The minimum absolute atomic E-state index is 0.0498. The molecule has 0 heterocycles. The van der Waals surface area contributed by atoms with Crippen molar-refractivity contribution >= 4 is 11.9 Å². The van der Waals surface area contributed by atoms with Crippen LogP contribution in [0.1, 0.15) is 35.1 Å². The molecule has 1 atom stereocenters. The molecule has 0 spiro atoms. The quantitative estimate of drug-likeness (QED) is 0.556. The van der Waals surface area contributed by atoms with Crippen molar-refractivity contribution in [2.24, 2.45) is 0 Å². The van der Waals surface area contributed by atoms with Crippen LogP contribution < -0.4 is 10.6 Å². The molecular weight excluding hydrogens is 400 g/mol. The van der Waals surface area contributed by atoms with Crippen LogP contribution in [0.2, 0.25) is 0 Å². The lowest BCUT2D eigenvalue weighted by atomic mass is 9.98. The number of ether oxygens (including phenoxy) is 1. The van der Waals surface area contributed by atoms with Crippen LogP contribution in [0.15, 0.2) is 72.8 Å². The number of rotatable bonds is 8. The van der Waals surface area contributed by atoms with E-state index in [-0.39, 0.29) is 17.7 Å². The summed E-state index contributed by atoms with van der Waals surface area (Å²) in [5, 5.41) is 5.86. The van der Waals surface area contributed by atoms with Crippen LogP contribution in [0.5, 0.6) is 0 Å². The second-order valence-corrected chi connectivity index (χ2v) is 8.15. The summed E-state index contributed by atoms with van der Waals surface area (Å²) in [6.07, 6.45) is 0.217. The summed E-state index contributed by atoms with van der Waals surface area (Å²) in [4.78, 5) is 23.9. The molecule has 1 aliphatic rings. The van der Waals surface area contributed by atoms with Crippen LogP contribution >= 0.6 is 0 Å². The van der Waals surface area contributed by atoms with E-state index in [4.69, 9.17) is 4.74 Å². The maximum Gasteiger partial charge on any atom is 0.407 e. The average Bonchev–Trinajstić information content (AvgIpc) is 3.14. The van der Waals surface area contributed by atoms with Gasteiger partial charge in [-0.25, -0.2) is 4.79 Å². The van der Waals surface area contributed by atoms with Crippen molar-refractivity contribution in [2.45, 2.75) is 31.8 Å². The first-order valence-corrected chi connectivity index (χ1v) is 10.9. The van der Waals surface area contributed by atoms with Gasteiger partial charge in [0.25, 0.3) is 0 Å². The lowest BCUT2D eigenvalue weighted by molar-refractivity contribution is -0.118.